The Morgan fingerprint density at radius 2 is 1.77 bits per heavy atom. The summed E-state index contributed by atoms with van der Waals surface area (Å²) in [5.74, 6) is 0.919. The first-order valence-electron chi connectivity index (χ1n) is 10.2. The predicted octanol–water partition coefficient (Wildman–Crippen LogP) is 6.24. The van der Waals surface area contributed by atoms with Crippen molar-refractivity contribution in [3.05, 3.63) is 106 Å². The highest BCUT2D eigenvalue weighted by atomic mass is 35.5. The summed E-state index contributed by atoms with van der Waals surface area (Å²) in [7, 11) is 0. The highest BCUT2D eigenvalue weighted by Gasteiger charge is 2.41. The number of hydrogen-bond donors (Lipinski definition) is 0. The summed E-state index contributed by atoms with van der Waals surface area (Å²) in [5.41, 5.74) is 5.58. The zero-order valence-corrected chi connectivity index (χ0v) is 18.4. The summed E-state index contributed by atoms with van der Waals surface area (Å²) in [6.45, 7) is 7.80. The highest BCUT2D eigenvalue weighted by Crippen LogP contribution is 2.35. The van der Waals surface area contributed by atoms with Crippen LogP contribution in [-0.4, -0.2) is 23.1 Å². The molecule has 3 nitrogen and oxygen atoms in total. The molecule has 0 radical (unpaired) electrons. The van der Waals surface area contributed by atoms with Gasteiger partial charge in [0.05, 0.1) is 24.2 Å². The lowest BCUT2D eigenvalue weighted by molar-refractivity contribution is 0.423. The van der Waals surface area contributed by atoms with Crippen LogP contribution in [0, 0.1) is 6.92 Å². The molecule has 30 heavy (non-hydrogen) atoms. The van der Waals surface area contributed by atoms with Crippen LogP contribution in [0.15, 0.2) is 89.0 Å². The van der Waals surface area contributed by atoms with Gasteiger partial charge in [-0.15, -0.1) is 0 Å². The van der Waals surface area contributed by atoms with Crippen LogP contribution in [0.4, 0.5) is 0 Å². The van der Waals surface area contributed by atoms with Gasteiger partial charge < -0.3 is 0 Å². The van der Waals surface area contributed by atoms with E-state index in [4.69, 9.17) is 21.7 Å². The van der Waals surface area contributed by atoms with Gasteiger partial charge in [0.25, 0.3) is 0 Å². The molecule has 1 heterocycles. The van der Waals surface area contributed by atoms with Gasteiger partial charge in [-0.1, -0.05) is 83.9 Å². The molecule has 3 aromatic carbocycles. The van der Waals surface area contributed by atoms with E-state index in [0.29, 0.717) is 6.54 Å². The van der Waals surface area contributed by atoms with Gasteiger partial charge in [0.15, 0.2) is 0 Å². The van der Waals surface area contributed by atoms with E-state index in [2.05, 4.69) is 62.4 Å². The Morgan fingerprint density at radius 3 is 2.47 bits per heavy atom. The third-order valence-electron chi connectivity index (χ3n) is 5.68. The van der Waals surface area contributed by atoms with Crippen LogP contribution >= 0.6 is 11.6 Å². The van der Waals surface area contributed by atoms with E-state index >= 15 is 0 Å². The molecule has 1 unspecified atom stereocenters. The van der Waals surface area contributed by atoms with E-state index in [-0.39, 0.29) is 5.41 Å². The summed E-state index contributed by atoms with van der Waals surface area (Å²) in [6.07, 6.45) is 0. The second-order valence-electron chi connectivity index (χ2n) is 8.06. The van der Waals surface area contributed by atoms with Gasteiger partial charge >= 0.3 is 0 Å². The zero-order chi connectivity index (χ0) is 21.1. The zero-order valence-electron chi connectivity index (χ0n) is 17.6. The fourth-order valence-corrected chi connectivity index (χ4v) is 4.07. The molecule has 0 amide bonds. The van der Waals surface area contributed by atoms with Gasteiger partial charge in [0, 0.05) is 5.02 Å². The number of amidine groups is 1. The molecule has 0 spiro atoms. The number of aliphatic imine (C=N–C) groups is 1. The van der Waals surface area contributed by atoms with Crippen LogP contribution in [0.5, 0.6) is 0 Å². The van der Waals surface area contributed by atoms with Crippen molar-refractivity contribution >= 4 is 23.1 Å². The molecular weight excluding hydrogens is 390 g/mol. The normalized spacial score (nSPS) is 19.1. The van der Waals surface area contributed by atoms with Crippen LogP contribution in [0.1, 0.15) is 36.1 Å². The van der Waals surface area contributed by atoms with Crippen molar-refractivity contribution in [1.82, 2.24) is 5.01 Å². The maximum Gasteiger partial charge on any atom is 0.117 e. The lowest BCUT2D eigenvalue weighted by atomic mass is 9.76. The first-order valence-corrected chi connectivity index (χ1v) is 10.6. The Hall–Kier alpha value is -2.91. The quantitative estimate of drug-likeness (QED) is 0.366. The summed E-state index contributed by atoms with van der Waals surface area (Å²) in [4.78, 5) is 4.83. The monoisotopic (exact) mass is 415 g/mol. The molecule has 0 saturated heterocycles. The van der Waals surface area contributed by atoms with E-state index in [1.807, 2.05) is 42.3 Å². The third kappa shape index (κ3) is 4.17. The van der Waals surface area contributed by atoms with Crippen molar-refractivity contribution in [3.8, 4) is 0 Å². The lowest BCUT2D eigenvalue weighted by Gasteiger charge is -2.27. The molecule has 152 valence electrons. The maximum atomic E-state index is 6.13. The number of rotatable bonds is 4. The number of hydrazone groups is 1. The number of halogens is 1. The summed E-state index contributed by atoms with van der Waals surface area (Å²) in [6, 6.07) is 27.0. The average molecular weight is 416 g/mol. The van der Waals surface area contributed by atoms with E-state index in [9.17, 15) is 0 Å². The second-order valence-corrected chi connectivity index (χ2v) is 8.50. The predicted molar refractivity (Wildman–Crippen MR) is 126 cm³/mol. The van der Waals surface area contributed by atoms with Crippen molar-refractivity contribution in [2.45, 2.75) is 32.7 Å². The SMILES string of the molecule is CC(=NCc1cccc(C)c1)N1CC(C)(c2ccccc2)C(c2ccc(Cl)cc2)=N1. The first-order chi connectivity index (χ1) is 14.5. The van der Waals surface area contributed by atoms with Crippen molar-refractivity contribution in [3.63, 3.8) is 0 Å². The molecule has 3 aromatic rings. The molecule has 0 N–H and O–H groups in total. The van der Waals surface area contributed by atoms with Gasteiger partial charge in [-0.2, -0.15) is 5.10 Å². The van der Waals surface area contributed by atoms with Crippen molar-refractivity contribution in [2.75, 3.05) is 6.54 Å². The molecular formula is C26H26ClN3. The van der Waals surface area contributed by atoms with Gasteiger partial charge in [0.1, 0.15) is 5.84 Å². The molecule has 4 heteroatoms. The first kappa shape index (κ1) is 20.4. The minimum absolute atomic E-state index is 0.241. The van der Waals surface area contributed by atoms with E-state index in [0.717, 1.165) is 28.7 Å². The van der Waals surface area contributed by atoms with Crippen LogP contribution in [-0.2, 0) is 12.0 Å². The topological polar surface area (TPSA) is 28.0 Å². The molecule has 1 atom stereocenters. The Kier molecular flexibility index (Phi) is 5.74. The smallest absolute Gasteiger partial charge is 0.117 e. The fraction of sp³-hybridized carbons (Fsp3) is 0.231. The summed E-state index contributed by atoms with van der Waals surface area (Å²) < 4.78 is 0. The molecule has 0 saturated carbocycles. The molecule has 1 aliphatic rings. The van der Waals surface area contributed by atoms with E-state index in [1.54, 1.807) is 0 Å². The molecule has 4 rings (SSSR count). The van der Waals surface area contributed by atoms with Gasteiger partial charge in [0.2, 0.25) is 0 Å². The van der Waals surface area contributed by atoms with Crippen molar-refractivity contribution < 1.29 is 0 Å². The molecule has 1 aliphatic heterocycles. The second kappa shape index (κ2) is 8.45. The van der Waals surface area contributed by atoms with Crippen LogP contribution in [0.3, 0.4) is 0 Å². The standard InChI is InChI=1S/C26H26ClN3/c1-19-8-7-9-21(16-19)17-28-20(2)30-18-26(3,23-10-5-4-6-11-23)25(29-30)22-12-14-24(27)15-13-22/h4-16H,17-18H2,1-3H3. The van der Waals surface area contributed by atoms with Crippen LogP contribution in [0.2, 0.25) is 5.02 Å². The minimum atomic E-state index is -0.241. The minimum Gasteiger partial charge on any atom is -0.266 e. The summed E-state index contributed by atoms with van der Waals surface area (Å²) in [5, 5.41) is 7.79. The lowest BCUT2D eigenvalue weighted by Crippen LogP contribution is -2.37. The number of benzene rings is 3. The molecule has 0 aromatic heterocycles. The Morgan fingerprint density at radius 1 is 1.03 bits per heavy atom. The fourth-order valence-electron chi connectivity index (χ4n) is 3.94. The van der Waals surface area contributed by atoms with Crippen LogP contribution < -0.4 is 0 Å². The Labute approximate surface area is 183 Å². The van der Waals surface area contributed by atoms with Crippen molar-refractivity contribution in [2.24, 2.45) is 10.1 Å². The summed E-state index contributed by atoms with van der Waals surface area (Å²) >= 11 is 6.13. The van der Waals surface area contributed by atoms with Crippen molar-refractivity contribution in [1.29, 1.82) is 0 Å². The Balaban J connectivity index is 1.67. The number of hydrogen-bond acceptors (Lipinski definition) is 2. The van der Waals surface area contributed by atoms with E-state index in [1.165, 1.54) is 16.7 Å². The maximum absolute atomic E-state index is 6.13. The van der Waals surface area contributed by atoms with Gasteiger partial charge in [-0.3, -0.25) is 10.0 Å². The molecule has 0 fully saturated rings. The highest BCUT2D eigenvalue weighted by molar-refractivity contribution is 6.30. The number of aryl methyl sites for hydroxylation is 1. The average Bonchev–Trinajstić information content (AvgIpc) is 3.12. The largest absolute Gasteiger partial charge is 0.266 e. The van der Waals surface area contributed by atoms with Gasteiger partial charge in [-0.25, -0.2) is 0 Å². The molecule has 0 aliphatic carbocycles. The van der Waals surface area contributed by atoms with E-state index < -0.39 is 0 Å². The molecule has 0 bridgehead atoms. The van der Waals surface area contributed by atoms with Crippen LogP contribution in [0.25, 0.3) is 0 Å². The third-order valence-corrected chi connectivity index (χ3v) is 5.94. The number of nitrogens with zero attached hydrogens (tertiary/aromatic N) is 3. The Bertz CT molecular complexity index is 1090. The van der Waals surface area contributed by atoms with Gasteiger partial charge in [-0.05, 0) is 49.6 Å².